The summed E-state index contributed by atoms with van der Waals surface area (Å²) in [7, 11) is 0. The molecule has 29 heavy (non-hydrogen) atoms. The molecule has 0 radical (unpaired) electrons. The van der Waals surface area contributed by atoms with Crippen molar-refractivity contribution in [3.63, 3.8) is 0 Å². The number of nitrogens with one attached hydrogen (secondary N) is 3. The predicted molar refractivity (Wildman–Crippen MR) is 111 cm³/mol. The topological polar surface area (TPSA) is 151 Å². The minimum absolute atomic E-state index is 0.180. The predicted octanol–water partition coefficient (Wildman–Crippen LogP) is 0.621. The van der Waals surface area contributed by atoms with E-state index in [9.17, 15) is 24.3 Å². The van der Waals surface area contributed by atoms with Crippen molar-refractivity contribution < 1.29 is 24.3 Å². The Morgan fingerprint density at radius 2 is 1.10 bits per heavy atom. The fourth-order valence-corrected chi connectivity index (χ4v) is 2.69. The Hall–Kier alpha value is -2.16. The van der Waals surface area contributed by atoms with E-state index in [0.29, 0.717) is 12.8 Å². The van der Waals surface area contributed by atoms with E-state index in [1.807, 2.05) is 20.8 Å². The second-order valence-electron chi connectivity index (χ2n) is 8.10. The number of carbonyl (C=O) groups excluding carboxylic acids is 3. The third kappa shape index (κ3) is 8.39. The van der Waals surface area contributed by atoms with Crippen LogP contribution in [0.3, 0.4) is 0 Å². The van der Waals surface area contributed by atoms with Crippen molar-refractivity contribution in [1.82, 2.24) is 16.0 Å². The van der Waals surface area contributed by atoms with E-state index in [1.165, 1.54) is 6.92 Å². The van der Waals surface area contributed by atoms with Crippen LogP contribution in [0.15, 0.2) is 0 Å². The molecule has 0 aliphatic heterocycles. The van der Waals surface area contributed by atoms with Gasteiger partial charge >= 0.3 is 5.97 Å². The quantitative estimate of drug-likeness (QED) is 0.316. The van der Waals surface area contributed by atoms with Gasteiger partial charge in [-0.15, -0.1) is 0 Å². The molecule has 0 aliphatic rings. The lowest BCUT2D eigenvalue weighted by Crippen LogP contribution is -2.60. The van der Waals surface area contributed by atoms with Crippen LogP contribution in [0.5, 0.6) is 0 Å². The van der Waals surface area contributed by atoms with Crippen LogP contribution in [0.2, 0.25) is 0 Å². The number of carbonyl (C=O) groups is 4. The third-order valence-electron chi connectivity index (χ3n) is 5.23. The molecular weight excluding hydrogens is 376 g/mol. The molecule has 3 amide bonds. The van der Waals surface area contributed by atoms with Crippen molar-refractivity contribution in [2.24, 2.45) is 23.5 Å². The average Bonchev–Trinajstić information content (AvgIpc) is 2.65. The molecule has 0 aromatic rings. The van der Waals surface area contributed by atoms with Crippen LogP contribution in [-0.2, 0) is 19.2 Å². The highest BCUT2D eigenvalue weighted by Gasteiger charge is 2.34. The van der Waals surface area contributed by atoms with E-state index in [1.54, 1.807) is 20.8 Å². The van der Waals surface area contributed by atoms with Crippen molar-refractivity contribution in [2.75, 3.05) is 0 Å². The van der Waals surface area contributed by atoms with Gasteiger partial charge in [-0.2, -0.15) is 0 Å². The van der Waals surface area contributed by atoms with Gasteiger partial charge in [-0.25, -0.2) is 4.79 Å². The second-order valence-corrected chi connectivity index (χ2v) is 8.10. The maximum absolute atomic E-state index is 12.9. The van der Waals surface area contributed by atoms with Crippen LogP contribution < -0.4 is 21.7 Å². The summed E-state index contributed by atoms with van der Waals surface area (Å²) in [4.78, 5) is 49.1. The van der Waals surface area contributed by atoms with E-state index in [0.717, 1.165) is 0 Å². The number of carboxylic acid groups (broad SMARTS) is 1. The summed E-state index contributed by atoms with van der Waals surface area (Å²) in [6, 6.07) is -3.61. The molecule has 0 aromatic carbocycles. The number of amides is 3. The molecule has 6 atom stereocenters. The van der Waals surface area contributed by atoms with Gasteiger partial charge in [-0.05, 0) is 24.7 Å². The zero-order chi connectivity index (χ0) is 22.9. The molecule has 0 bridgehead atoms. The Labute approximate surface area is 173 Å². The molecule has 6 N–H and O–H groups in total. The summed E-state index contributed by atoms with van der Waals surface area (Å²) in [5.74, 6) is -3.38. The summed E-state index contributed by atoms with van der Waals surface area (Å²) >= 11 is 0. The molecule has 0 fully saturated rings. The Balaban J connectivity index is 5.46. The highest BCUT2D eigenvalue weighted by Crippen LogP contribution is 2.12. The van der Waals surface area contributed by atoms with E-state index in [2.05, 4.69) is 16.0 Å². The molecule has 0 spiro atoms. The molecule has 9 heteroatoms. The maximum Gasteiger partial charge on any atom is 0.326 e. The van der Waals surface area contributed by atoms with Gasteiger partial charge in [0.25, 0.3) is 0 Å². The minimum atomic E-state index is -1.12. The minimum Gasteiger partial charge on any atom is -0.480 e. The van der Waals surface area contributed by atoms with Crippen LogP contribution >= 0.6 is 0 Å². The van der Waals surface area contributed by atoms with Crippen LogP contribution in [-0.4, -0.2) is 53.0 Å². The molecule has 0 saturated carbocycles. The van der Waals surface area contributed by atoms with E-state index in [-0.39, 0.29) is 17.8 Å². The molecule has 0 aliphatic carbocycles. The molecule has 0 aromatic heterocycles. The number of carboxylic acids is 1. The van der Waals surface area contributed by atoms with E-state index < -0.39 is 47.9 Å². The first-order valence-electron chi connectivity index (χ1n) is 10.3. The largest absolute Gasteiger partial charge is 0.480 e. The smallest absolute Gasteiger partial charge is 0.326 e. The molecule has 0 rings (SSSR count). The van der Waals surface area contributed by atoms with Gasteiger partial charge in [-0.3, -0.25) is 14.4 Å². The van der Waals surface area contributed by atoms with Crippen molar-refractivity contribution in [3.8, 4) is 0 Å². The molecule has 6 unspecified atom stereocenters. The summed E-state index contributed by atoms with van der Waals surface area (Å²) in [5.41, 5.74) is 5.58. The summed E-state index contributed by atoms with van der Waals surface area (Å²) in [6.07, 6.45) is 1.21. The van der Waals surface area contributed by atoms with E-state index in [4.69, 9.17) is 5.73 Å². The SMILES string of the molecule is CCC(C)C(NC(=O)C(NC(=O)C(NC(=O)C(C)N)C(C)CC)C(C)C)C(=O)O. The summed E-state index contributed by atoms with van der Waals surface area (Å²) < 4.78 is 0. The lowest BCUT2D eigenvalue weighted by Gasteiger charge is -2.29. The molecule has 0 saturated heterocycles. The van der Waals surface area contributed by atoms with Crippen molar-refractivity contribution >= 4 is 23.7 Å². The van der Waals surface area contributed by atoms with E-state index >= 15 is 0 Å². The second kappa shape index (κ2) is 12.4. The molecule has 0 heterocycles. The van der Waals surface area contributed by atoms with Gasteiger partial charge in [0.05, 0.1) is 6.04 Å². The van der Waals surface area contributed by atoms with Gasteiger partial charge in [0, 0.05) is 0 Å². The number of hydrogen-bond donors (Lipinski definition) is 5. The number of rotatable bonds is 12. The normalized spacial score (nSPS) is 17.4. The van der Waals surface area contributed by atoms with Crippen LogP contribution in [0.1, 0.15) is 61.3 Å². The number of aliphatic carboxylic acids is 1. The van der Waals surface area contributed by atoms with Crippen molar-refractivity contribution in [3.05, 3.63) is 0 Å². The van der Waals surface area contributed by atoms with Gasteiger partial charge in [0.2, 0.25) is 17.7 Å². The summed E-state index contributed by atoms with van der Waals surface area (Å²) in [5, 5.41) is 17.3. The fourth-order valence-electron chi connectivity index (χ4n) is 2.69. The Kier molecular flexibility index (Phi) is 11.5. The maximum atomic E-state index is 12.9. The van der Waals surface area contributed by atoms with Gasteiger partial charge < -0.3 is 26.8 Å². The first kappa shape index (κ1) is 26.8. The lowest BCUT2D eigenvalue weighted by atomic mass is 9.95. The van der Waals surface area contributed by atoms with Crippen LogP contribution in [0.25, 0.3) is 0 Å². The first-order valence-corrected chi connectivity index (χ1v) is 10.3. The zero-order valence-corrected chi connectivity index (χ0v) is 18.6. The van der Waals surface area contributed by atoms with Crippen molar-refractivity contribution in [2.45, 2.75) is 85.5 Å². The molecular formula is C20H38N4O5. The van der Waals surface area contributed by atoms with Crippen molar-refractivity contribution in [1.29, 1.82) is 0 Å². The lowest BCUT2D eigenvalue weighted by molar-refractivity contribution is -0.144. The van der Waals surface area contributed by atoms with Crippen LogP contribution in [0.4, 0.5) is 0 Å². The monoisotopic (exact) mass is 414 g/mol. The van der Waals surface area contributed by atoms with Gasteiger partial charge in [0.15, 0.2) is 0 Å². The Morgan fingerprint density at radius 1 is 0.724 bits per heavy atom. The molecule has 9 nitrogen and oxygen atoms in total. The summed E-state index contributed by atoms with van der Waals surface area (Å²) in [6.45, 7) is 12.3. The van der Waals surface area contributed by atoms with Gasteiger partial charge in [0.1, 0.15) is 18.1 Å². The highest BCUT2D eigenvalue weighted by molar-refractivity contribution is 5.94. The molecule has 168 valence electrons. The standard InChI is InChI=1S/C20H38N4O5/c1-8-11(5)15(23-17(25)13(7)21)19(27)22-14(10(3)4)18(26)24-16(20(28)29)12(6)9-2/h10-16H,8-9,21H2,1-7H3,(H,22,27)(H,23,25)(H,24,26)(H,28,29). The number of hydrogen-bond acceptors (Lipinski definition) is 5. The Bertz CT molecular complexity index is 579. The van der Waals surface area contributed by atoms with Gasteiger partial charge in [-0.1, -0.05) is 54.4 Å². The Morgan fingerprint density at radius 3 is 1.48 bits per heavy atom. The third-order valence-corrected chi connectivity index (χ3v) is 5.23. The zero-order valence-electron chi connectivity index (χ0n) is 18.6. The highest BCUT2D eigenvalue weighted by atomic mass is 16.4. The average molecular weight is 415 g/mol. The fraction of sp³-hybridized carbons (Fsp3) is 0.800. The first-order chi connectivity index (χ1) is 13.4. The van der Waals surface area contributed by atoms with Crippen LogP contribution in [0, 0.1) is 17.8 Å². The number of nitrogens with two attached hydrogens (primary N) is 1.